The summed E-state index contributed by atoms with van der Waals surface area (Å²) in [7, 11) is 0. The lowest BCUT2D eigenvalue weighted by molar-refractivity contribution is 0.627. The average Bonchev–Trinajstić information content (AvgIpc) is 2.34. The molecule has 11 heavy (non-hydrogen) atoms. The number of fused-ring (bicyclic) bond motifs is 1. The summed E-state index contributed by atoms with van der Waals surface area (Å²) < 4.78 is 13.5. The maximum atomic E-state index is 12.7. The highest BCUT2D eigenvalue weighted by Crippen LogP contribution is 2.31. The molecule has 3 heteroatoms. The molecule has 1 aliphatic heterocycles. The topological polar surface area (TPSA) is 12.4 Å². The summed E-state index contributed by atoms with van der Waals surface area (Å²) in [6, 6.07) is 2.91. The van der Waals surface area contributed by atoms with Crippen molar-refractivity contribution in [2.24, 2.45) is 4.99 Å². The highest BCUT2D eigenvalue weighted by molar-refractivity contribution is 9.10. The van der Waals surface area contributed by atoms with Crippen molar-refractivity contribution >= 4 is 27.8 Å². The molecule has 1 nitrogen and oxygen atoms in total. The molecule has 1 heterocycles. The molecule has 0 atom stereocenters. The molecule has 0 amide bonds. The van der Waals surface area contributed by atoms with Gasteiger partial charge in [0.25, 0.3) is 0 Å². The van der Waals surface area contributed by atoms with Gasteiger partial charge in [0.1, 0.15) is 5.82 Å². The van der Waals surface area contributed by atoms with Gasteiger partial charge >= 0.3 is 0 Å². The molecule has 0 unspecified atom stereocenters. The Morgan fingerprint density at radius 3 is 3.09 bits per heavy atom. The molecule has 0 aliphatic carbocycles. The van der Waals surface area contributed by atoms with E-state index in [2.05, 4.69) is 20.9 Å². The van der Waals surface area contributed by atoms with E-state index in [4.69, 9.17) is 0 Å². The minimum Gasteiger partial charge on any atom is -0.260 e. The molecule has 0 radical (unpaired) electrons. The summed E-state index contributed by atoms with van der Waals surface area (Å²) in [6.45, 7) is 0. The van der Waals surface area contributed by atoms with E-state index in [0.29, 0.717) is 0 Å². The van der Waals surface area contributed by atoms with Gasteiger partial charge in [0, 0.05) is 17.1 Å². The van der Waals surface area contributed by atoms with E-state index in [1.807, 2.05) is 0 Å². The Bertz CT molecular complexity index is 333. The van der Waals surface area contributed by atoms with Gasteiger partial charge in [-0.3, -0.25) is 4.99 Å². The first-order valence-corrected chi connectivity index (χ1v) is 4.07. The second-order valence-electron chi connectivity index (χ2n) is 2.40. The van der Waals surface area contributed by atoms with Crippen molar-refractivity contribution in [2.45, 2.75) is 6.42 Å². The molecule has 0 fully saturated rings. The number of hydrogen-bond acceptors (Lipinski definition) is 1. The highest BCUT2D eigenvalue weighted by Gasteiger charge is 2.11. The Morgan fingerprint density at radius 1 is 1.45 bits per heavy atom. The van der Waals surface area contributed by atoms with Crippen molar-refractivity contribution in [3.8, 4) is 0 Å². The summed E-state index contributed by atoms with van der Waals surface area (Å²) in [6.07, 6.45) is 2.59. The Kier molecular flexibility index (Phi) is 1.53. The van der Waals surface area contributed by atoms with Crippen LogP contribution >= 0.6 is 15.9 Å². The maximum absolute atomic E-state index is 12.7. The Morgan fingerprint density at radius 2 is 2.27 bits per heavy atom. The molecule has 0 aromatic heterocycles. The van der Waals surface area contributed by atoms with Gasteiger partial charge in [0.15, 0.2) is 0 Å². The first kappa shape index (κ1) is 6.98. The van der Waals surface area contributed by atoms with Gasteiger partial charge in [-0.25, -0.2) is 4.39 Å². The lowest BCUT2D eigenvalue weighted by Gasteiger charge is -1.99. The zero-order valence-electron chi connectivity index (χ0n) is 5.64. The van der Waals surface area contributed by atoms with Crippen molar-refractivity contribution in [2.75, 3.05) is 0 Å². The van der Waals surface area contributed by atoms with Crippen molar-refractivity contribution in [1.82, 2.24) is 0 Å². The number of aliphatic imine (C=N–C) groups is 1. The zero-order chi connectivity index (χ0) is 7.84. The fourth-order valence-electron chi connectivity index (χ4n) is 1.14. The zero-order valence-corrected chi connectivity index (χ0v) is 7.23. The van der Waals surface area contributed by atoms with Crippen molar-refractivity contribution < 1.29 is 4.39 Å². The summed E-state index contributed by atoms with van der Waals surface area (Å²) >= 11 is 3.28. The van der Waals surface area contributed by atoms with Crippen LogP contribution in [0.25, 0.3) is 0 Å². The molecule has 1 aliphatic rings. The molecule has 0 spiro atoms. The molecule has 56 valence electrons. The lowest BCUT2D eigenvalue weighted by atomic mass is 10.1. The SMILES string of the molecule is Fc1cc(Br)c2c(c1)N=CC2. The smallest absolute Gasteiger partial charge is 0.126 e. The van der Waals surface area contributed by atoms with E-state index < -0.39 is 0 Å². The Labute approximate surface area is 72.1 Å². The van der Waals surface area contributed by atoms with E-state index in [1.54, 1.807) is 6.21 Å². The normalized spacial score (nSPS) is 13.6. The Hall–Kier alpha value is -0.700. The van der Waals surface area contributed by atoms with Gasteiger partial charge in [-0.15, -0.1) is 0 Å². The van der Waals surface area contributed by atoms with Crippen molar-refractivity contribution in [3.05, 3.63) is 28.0 Å². The number of rotatable bonds is 0. The molecule has 2 rings (SSSR count). The molecule has 0 N–H and O–H groups in total. The first-order valence-electron chi connectivity index (χ1n) is 3.28. The monoisotopic (exact) mass is 213 g/mol. The van der Waals surface area contributed by atoms with E-state index in [1.165, 1.54) is 12.1 Å². The van der Waals surface area contributed by atoms with Crippen LogP contribution < -0.4 is 0 Å². The molecule has 1 aromatic carbocycles. The minimum absolute atomic E-state index is 0.241. The molecular weight excluding hydrogens is 209 g/mol. The number of halogens is 2. The van der Waals surface area contributed by atoms with Gasteiger partial charge in [-0.1, -0.05) is 15.9 Å². The summed E-state index contributed by atoms with van der Waals surface area (Å²) in [5, 5.41) is 0. The van der Waals surface area contributed by atoms with Gasteiger partial charge < -0.3 is 0 Å². The summed E-state index contributed by atoms with van der Waals surface area (Å²) in [5.74, 6) is -0.241. The van der Waals surface area contributed by atoms with Crippen LogP contribution in [-0.4, -0.2) is 6.21 Å². The van der Waals surface area contributed by atoms with Crippen LogP contribution in [0.15, 0.2) is 21.6 Å². The summed E-state index contributed by atoms with van der Waals surface area (Å²) in [4.78, 5) is 4.03. The standard InChI is InChI=1S/C8H5BrFN/c9-7-3-5(10)4-8-6(7)1-2-11-8/h2-4H,1H2. The van der Waals surface area contributed by atoms with Crippen molar-refractivity contribution in [3.63, 3.8) is 0 Å². The van der Waals surface area contributed by atoms with E-state index in [0.717, 1.165) is 22.1 Å². The lowest BCUT2D eigenvalue weighted by Crippen LogP contribution is -1.83. The quantitative estimate of drug-likeness (QED) is 0.629. The van der Waals surface area contributed by atoms with Gasteiger partial charge in [0.2, 0.25) is 0 Å². The first-order chi connectivity index (χ1) is 5.27. The average molecular weight is 214 g/mol. The fourth-order valence-corrected chi connectivity index (χ4v) is 1.73. The minimum atomic E-state index is -0.241. The molecule has 0 saturated carbocycles. The second kappa shape index (κ2) is 2.41. The van der Waals surface area contributed by atoms with Crippen LogP contribution in [0.2, 0.25) is 0 Å². The number of benzene rings is 1. The van der Waals surface area contributed by atoms with E-state index in [9.17, 15) is 4.39 Å². The van der Waals surface area contributed by atoms with E-state index >= 15 is 0 Å². The van der Waals surface area contributed by atoms with Crippen LogP contribution in [0.3, 0.4) is 0 Å². The molecule has 0 saturated heterocycles. The number of hydrogen-bond donors (Lipinski definition) is 0. The van der Waals surface area contributed by atoms with E-state index in [-0.39, 0.29) is 5.82 Å². The third-order valence-corrected chi connectivity index (χ3v) is 2.37. The predicted molar refractivity (Wildman–Crippen MR) is 46.0 cm³/mol. The van der Waals surface area contributed by atoms with Gasteiger partial charge in [-0.05, 0) is 17.7 Å². The highest BCUT2D eigenvalue weighted by atomic mass is 79.9. The predicted octanol–water partition coefficient (Wildman–Crippen LogP) is 2.85. The maximum Gasteiger partial charge on any atom is 0.126 e. The van der Waals surface area contributed by atoms with Crippen LogP contribution in [0.1, 0.15) is 5.56 Å². The summed E-state index contributed by atoms with van der Waals surface area (Å²) in [5.41, 5.74) is 1.82. The Balaban J connectivity index is 2.66. The van der Waals surface area contributed by atoms with Crippen LogP contribution in [-0.2, 0) is 6.42 Å². The molecular formula is C8H5BrFN. The third-order valence-electron chi connectivity index (χ3n) is 1.66. The van der Waals surface area contributed by atoms with Crippen LogP contribution in [0.5, 0.6) is 0 Å². The second-order valence-corrected chi connectivity index (χ2v) is 3.26. The van der Waals surface area contributed by atoms with Gasteiger partial charge in [-0.2, -0.15) is 0 Å². The number of nitrogens with zero attached hydrogens (tertiary/aromatic N) is 1. The third kappa shape index (κ3) is 1.09. The van der Waals surface area contributed by atoms with Crippen LogP contribution in [0.4, 0.5) is 10.1 Å². The van der Waals surface area contributed by atoms with Gasteiger partial charge in [0.05, 0.1) is 5.69 Å². The fraction of sp³-hybridized carbons (Fsp3) is 0.125. The van der Waals surface area contributed by atoms with Crippen LogP contribution in [0, 0.1) is 5.82 Å². The van der Waals surface area contributed by atoms with Crippen molar-refractivity contribution in [1.29, 1.82) is 0 Å². The molecule has 1 aromatic rings. The largest absolute Gasteiger partial charge is 0.260 e. The molecule has 0 bridgehead atoms.